The smallest absolute Gasteiger partial charge is 0.418 e. The first kappa shape index (κ1) is 16.4. The minimum atomic E-state index is -4.49. The van der Waals surface area contributed by atoms with Crippen LogP contribution in [0.3, 0.4) is 0 Å². The van der Waals surface area contributed by atoms with Crippen molar-refractivity contribution in [2.75, 3.05) is 7.11 Å². The number of carbonyl (C=O) groups excluding carboxylic acids is 1. The monoisotopic (exact) mass is 314 g/mol. The zero-order valence-electron chi connectivity index (χ0n) is 12.4. The lowest BCUT2D eigenvalue weighted by Crippen LogP contribution is -2.26. The third-order valence-corrected chi connectivity index (χ3v) is 3.49. The number of carbonyl (C=O) groups is 1. The molecular weight excluding hydrogens is 297 g/mol. The molecule has 0 aliphatic rings. The van der Waals surface area contributed by atoms with Crippen LogP contribution in [-0.2, 0) is 15.7 Å². The van der Waals surface area contributed by atoms with E-state index in [4.69, 9.17) is 5.73 Å². The summed E-state index contributed by atoms with van der Waals surface area (Å²) in [6, 6.07) is 3.99. The Balaban J connectivity index is 2.80. The molecule has 0 amide bonds. The number of benzene rings is 1. The van der Waals surface area contributed by atoms with Crippen molar-refractivity contribution in [3.8, 4) is 0 Å². The predicted octanol–water partition coefficient (Wildman–Crippen LogP) is 3.41. The van der Waals surface area contributed by atoms with Gasteiger partial charge in [-0.25, -0.2) is 4.79 Å². The number of fused-ring (bicyclic) bond motifs is 1. The molecule has 0 radical (unpaired) electrons. The van der Waals surface area contributed by atoms with Gasteiger partial charge in [0.15, 0.2) is 0 Å². The molecule has 0 saturated carbocycles. The van der Waals surface area contributed by atoms with Crippen molar-refractivity contribution in [2.45, 2.75) is 32.1 Å². The highest BCUT2D eigenvalue weighted by molar-refractivity contribution is 5.87. The maximum absolute atomic E-state index is 13.3. The summed E-state index contributed by atoms with van der Waals surface area (Å²) >= 11 is 0. The topological polar surface area (TPSA) is 57.2 Å². The second-order valence-electron chi connectivity index (χ2n) is 5.27. The molecule has 22 heavy (non-hydrogen) atoms. The van der Waals surface area contributed by atoms with E-state index in [1.54, 1.807) is 19.9 Å². The molecule has 7 heteroatoms. The van der Waals surface area contributed by atoms with Gasteiger partial charge in [0, 0.05) is 17.1 Å². The number of alkyl halides is 3. The number of aromatic nitrogens is 1. The van der Waals surface area contributed by atoms with E-state index in [0.29, 0.717) is 11.1 Å². The minimum Gasteiger partial charge on any atom is -0.468 e. The number of hydrogen-bond donors (Lipinski definition) is 1. The molecule has 120 valence electrons. The van der Waals surface area contributed by atoms with Crippen molar-refractivity contribution in [1.82, 2.24) is 4.57 Å². The van der Waals surface area contributed by atoms with E-state index >= 15 is 0 Å². The van der Waals surface area contributed by atoms with Gasteiger partial charge in [0.2, 0.25) is 0 Å². The number of para-hydroxylation sites is 1. The summed E-state index contributed by atoms with van der Waals surface area (Å²) in [7, 11) is 1.19. The Morgan fingerprint density at radius 1 is 1.32 bits per heavy atom. The molecule has 4 nitrogen and oxygen atoms in total. The van der Waals surface area contributed by atoms with Gasteiger partial charge in [-0.1, -0.05) is 12.1 Å². The molecule has 0 spiro atoms. The number of nitrogens with zero attached hydrogens (tertiary/aromatic N) is 1. The van der Waals surface area contributed by atoms with Gasteiger partial charge >= 0.3 is 12.1 Å². The van der Waals surface area contributed by atoms with Crippen molar-refractivity contribution in [3.63, 3.8) is 0 Å². The molecule has 1 aromatic heterocycles. The molecule has 0 bridgehead atoms. The van der Waals surface area contributed by atoms with Crippen LogP contribution in [0.25, 0.3) is 10.9 Å². The number of ether oxygens (including phenoxy) is 1. The molecular formula is C15H17F3N2O2. The van der Waals surface area contributed by atoms with Gasteiger partial charge in [-0.3, -0.25) is 0 Å². The van der Waals surface area contributed by atoms with Crippen molar-refractivity contribution in [3.05, 3.63) is 35.5 Å². The Morgan fingerprint density at radius 2 is 1.95 bits per heavy atom. The van der Waals surface area contributed by atoms with Crippen molar-refractivity contribution >= 4 is 16.9 Å². The normalized spacial score (nSPS) is 13.6. The lowest BCUT2D eigenvalue weighted by molar-refractivity contribution is -0.142. The van der Waals surface area contributed by atoms with E-state index in [1.807, 2.05) is 0 Å². The largest absolute Gasteiger partial charge is 0.468 e. The van der Waals surface area contributed by atoms with Gasteiger partial charge < -0.3 is 15.0 Å². The van der Waals surface area contributed by atoms with Crippen molar-refractivity contribution in [1.29, 1.82) is 0 Å². The van der Waals surface area contributed by atoms with E-state index in [-0.39, 0.29) is 11.6 Å². The van der Waals surface area contributed by atoms with Crippen LogP contribution >= 0.6 is 0 Å². The standard InChI is InChI=1S/C15H17F3N2O2/c1-8(2)20-11(12(19)14(21)22-3)7-9-5-4-6-10(13(9)20)15(16,17)18/h4-8,12H,19H2,1-3H3. The Morgan fingerprint density at radius 3 is 2.45 bits per heavy atom. The molecule has 1 unspecified atom stereocenters. The van der Waals surface area contributed by atoms with Crippen molar-refractivity contribution in [2.24, 2.45) is 5.73 Å². The van der Waals surface area contributed by atoms with Crippen LogP contribution in [0.15, 0.2) is 24.3 Å². The summed E-state index contributed by atoms with van der Waals surface area (Å²) in [6.45, 7) is 3.47. The highest BCUT2D eigenvalue weighted by Gasteiger charge is 2.35. The van der Waals surface area contributed by atoms with Crippen LogP contribution in [0.2, 0.25) is 0 Å². The van der Waals surface area contributed by atoms with E-state index in [0.717, 1.165) is 6.07 Å². The fourth-order valence-electron chi connectivity index (χ4n) is 2.58. The zero-order chi connectivity index (χ0) is 16.7. The van der Waals surface area contributed by atoms with E-state index in [1.165, 1.54) is 23.8 Å². The molecule has 1 atom stereocenters. The SMILES string of the molecule is COC(=O)C(N)c1cc2cccc(C(F)(F)F)c2n1C(C)C. The first-order valence-electron chi connectivity index (χ1n) is 6.73. The number of methoxy groups -OCH3 is 1. The summed E-state index contributed by atoms with van der Waals surface area (Å²) in [5, 5.41) is 0.387. The molecule has 1 aromatic carbocycles. The summed E-state index contributed by atoms with van der Waals surface area (Å²) in [5.74, 6) is -0.696. The maximum atomic E-state index is 13.3. The van der Waals surface area contributed by atoms with E-state index < -0.39 is 23.8 Å². The lowest BCUT2D eigenvalue weighted by atomic mass is 10.1. The van der Waals surface area contributed by atoms with E-state index in [2.05, 4.69) is 4.74 Å². The lowest BCUT2D eigenvalue weighted by Gasteiger charge is -2.20. The van der Waals surface area contributed by atoms with Crippen LogP contribution in [0.5, 0.6) is 0 Å². The maximum Gasteiger partial charge on any atom is 0.418 e. The Labute approximate surface area is 125 Å². The molecule has 2 aromatic rings. The van der Waals surface area contributed by atoms with Crippen LogP contribution in [0.1, 0.15) is 37.2 Å². The summed E-state index contributed by atoms with van der Waals surface area (Å²) in [4.78, 5) is 11.7. The highest BCUT2D eigenvalue weighted by Crippen LogP contribution is 2.38. The predicted molar refractivity (Wildman–Crippen MR) is 76.3 cm³/mol. The first-order chi connectivity index (χ1) is 10.2. The average Bonchev–Trinajstić information content (AvgIpc) is 2.83. The van der Waals surface area contributed by atoms with Gasteiger partial charge in [0.25, 0.3) is 0 Å². The fraction of sp³-hybridized carbons (Fsp3) is 0.400. The third-order valence-electron chi connectivity index (χ3n) is 3.49. The Hall–Kier alpha value is -2.02. The van der Waals surface area contributed by atoms with Crippen molar-refractivity contribution < 1.29 is 22.7 Å². The number of esters is 1. The highest BCUT2D eigenvalue weighted by atomic mass is 19.4. The number of nitrogens with two attached hydrogens (primary N) is 1. The molecule has 0 aliphatic heterocycles. The van der Waals surface area contributed by atoms with E-state index in [9.17, 15) is 18.0 Å². The zero-order valence-corrected chi connectivity index (χ0v) is 12.4. The number of rotatable bonds is 3. The van der Waals surface area contributed by atoms with Gasteiger partial charge in [-0.2, -0.15) is 13.2 Å². The minimum absolute atomic E-state index is 0.0272. The summed E-state index contributed by atoms with van der Waals surface area (Å²) < 4.78 is 45.8. The number of hydrogen-bond acceptors (Lipinski definition) is 3. The molecule has 0 fully saturated rings. The third kappa shape index (κ3) is 2.68. The van der Waals surface area contributed by atoms with Crippen LogP contribution in [0.4, 0.5) is 13.2 Å². The Kier molecular flexibility index (Phi) is 4.19. The summed E-state index contributed by atoms with van der Waals surface area (Å²) in [6.07, 6.45) is -4.49. The Bertz CT molecular complexity index is 705. The van der Waals surface area contributed by atoms with Gasteiger partial charge in [-0.05, 0) is 26.0 Å². The molecule has 2 rings (SSSR count). The first-order valence-corrected chi connectivity index (χ1v) is 6.73. The quantitative estimate of drug-likeness (QED) is 0.883. The fourth-order valence-corrected chi connectivity index (χ4v) is 2.58. The molecule has 2 N–H and O–H groups in total. The molecule has 0 aliphatic carbocycles. The van der Waals surface area contributed by atoms with Crippen LogP contribution < -0.4 is 5.73 Å². The second kappa shape index (κ2) is 5.64. The number of halogens is 3. The van der Waals surface area contributed by atoms with Crippen LogP contribution in [0, 0.1) is 0 Å². The summed E-state index contributed by atoms with van der Waals surface area (Å²) in [5.41, 5.74) is 5.41. The van der Waals surface area contributed by atoms with Crippen LogP contribution in [-0.4, -0.2) is 17.6 Å². The van der Waals surface area contributed by atoms with Gasteiger partial charge in [0.1, 0.15) is 6.04 Å². The molecule has 0 saturated heterocycles. The van der Waals surface area contributed by atoms with Gasteiger partial charge in [0.05, 0.1) is 18.2 Å². The second-order valence-corrected chi connectivity index (χ2v) is 5.27. The van der Waals surface area contributed by atoms with Gasteiger partial charge in [-0.15, -0.1) is 0 Å². The molecule has 1 heterocycles. The average molecular weight is 314 g/mol.